The Balaban J connectivity index is 1.95. The fourth-order valence-corrected chi connectivity index (χ4v) is 2.61. The molecule has 0 saturated carbocycles. The van der Waals surface area contributed by atoms with Crippen molar-refractivity contribution in [3.8, 4) is 17.2 Å². The number of allylic oxidation sites excluding steroid dienone is 1. The van der Waals surface area contributed by atoms with Gasteiger partial charge in [-0.3, -0.25) is 0 Å². The lowest BCUT2D eigenvalue weighted by Crippen LogP contribution is -2.03. The van der Waals surface area contributed by atoms with E-state index in [4.69, 9.17) is 13.9 Å². The highest BCUT2D eigenvalue weighted by molar-refractivity contribution is 5.86. The molecule has 0 radical (unpaired) electrons. The Kier molecular flexibility index (Phi) is 7.38. The highest BCUT2D eigenvalue weighted by Crippen LogP contribution is 2.33. The van der Waals surface area contributed by atoms with Gasteiger partial charge in [0, 0.05) is 6.07 Å². The normalized spacial score (nSPS) is 11.3. The number of methoxy groups -OCH3 is 1. The molecule has 0 aliphatic rings. The van der Waals surface area contributed by atoms with E-state index in [0.717, 1.165) is 12.8 Å². The summed E-state index contributed by atoms with van der Waals surface area (Å²) in [4.78, 5) is 12.0. The Morgan fingerprint density at radius 3 is 2.68 bits per heavy atom. The van der Waals surface area contributed by atoms with Crippen molar-refractivity contribution >= 4 is 11.0 Å². The average Bonchev–Trinajstić information content (AvgIpc) is 2.62. The van der Waals surface area contributed by atoms with E-state index >= 15 is 0 Å². The molecular weight excluding hydrogens is 320 g/mol. The fourth-order valence-electron chi connectivity index (χ4n) is 2.61. The first kappa shape index (κ1) is 18.9. The number of fused-ring (bicyclic) bond motifs is 1. The molecule has 0 spiro atoms. The van der Waals surface area contributed by atoms with E-state index < -0.39 is 5.63 Å². The molecule has 2 rings (SSSR count). The van der Waals surface area contributed by atoms with E-state index in [-0.39, 0.29) is 17.1 Å². The van der Waals surface area contributed by atoms with Crippen LogP contribution in [0.2, 0.25) is 0 Å². The first-order valence-electron chi connectivity index (χ1n) is 8.82. The third-order valence-corrected chi connectivity index (χ3v) is 4.05. The first-order valence-corrected chi connectivity index (χ1v) is 8.82. The van der Waals surface area contributed by atoms with Crippen LogP contribution in [0.3, 0.4) is 0 Å². The molecule has 1 N–H and O–H groups in total. The van der Waals surface area contributed by atoms with Crippen molar-refractivity contribution < 1.29 is 19.0 Å². The van der Waals surface area contributed by atoms with Crippen molar-refractivity contribution in [2.75, 3.05) is 7.11 Å². The molecule has 0 amide bonds. The first-order chi connectivity index (χ1) is 12.2. The smallest absolute Gasteiger partial charge is 0.383 e. The van der Waals surface area contributed by atoms with Gasteiger partial charge in [-0.2, -0.15) is 0 Å². The molecule has 136 valence electrons. The molecule has 5 heteroatoms. The fraction of sp³-hybridized carbons (Fsp3) is 0.450. The zero-order valence-electron chi connectivity index (χ0n) is 14.9. The second-order valence-electron chi connectivity index (χ2n) is 5.98. The summed E-state index contributed by atoms with van der Waals surface area (Å²) < 4.78 is 15.6. The summed E-state index contributed by atoms with van der Waals surface area (Å²) in [6.45, 7) is 2.20. The molecule has 2 aromatic rings. The molecule has 1 aromatic carbocycles. The summed E-state index contributed by atoms with van der Waals surface area (Å²) in [6, 6.07) is 4.86. The van der Waals surface area contributed by atoms with Crippen molar-refractivity contribution in [3.05, 3.63) is 41.0 Å². The molecule has 0 fully saturated rings. The molecule has 0 saturated heterocycles. The van der Waals surface area contributed by atoms with Crippen molar-refractivity contribution in [1.82, 2.24) is 0 Å². The number of hydrogen-bond acceptors (Lipinski definition) is 5. The van der Waals surface area contributed by atoms with E-state index in [9.17, 15) is 9.90 Å². The standard InChI is InChI=1S/C20H26O5/c1-3-4-5-6-7-8-9-10-13-24-19-18(21)16-12-11-15(23-2)14-17(16)25-20(19)22/h10-14,21H,3-9H2,1-2H3. The Bertz CT molecular complexity index is 761. The second-order valence-corrected chi connectivity index (χ2v) is 5.98. The van der Waals surface area contributed by atoms with Crippen molar-refractivity contribution in [2.45, 2.75) is 51.9 Å². The van der Waals surface area contributed by atoms with E-state index in [0.29, 0.717) is 11.1 Å². The molecule has 0 aliphatic heterocycles. The molecule has 1 aromatic heterocycles. The number of rotatable bonds is 10. The minimum absolute atomic E-state index is 0.197. The monoisotopic (exact) mass is 346 g/mol. The highest BCUT2D eigenvalue weighted by Gasteiger charge is 2.15. The Morgan fingerprint density at radius 1 is 1.16 bits per heavy atom. The van der Waals surface area contributed by atoms with Crippen molar-refractivity contribution in [1.29, 1.82) is 0 Å². The second kappa shape index (κ2) is 9.77. The van der Waals surface area contributed by atoms with Crippen LogP contribution in [-0.4, -0.2) is 12.2 Å². The lowest BCUT2D eigenvalue weighted by atomic mass is 10.1. The van der Waals surface area contributed by atoms with Gasteiger partial charge in [0.15, 0.2) is 5.75 Å². The third kappa shape index (κ3) is 5.28. The lowest BCUT2D eigenvalue weighted by molar-refractivity contribution is 0.383. The summed E-state index contributed by atoms with van der Waals surface area (Å²) in [7, 11) is 1.52. The Labute approximate surface area is 147 Å². The van der Waals surface area contributed by atoms with Gasteiger partial charge in [0.05, 0.1) is 18.8 Å². The molecule has 0 aliphatic carbocycles. The van der Waals surface area contributed by atoms with Crippen LogP contribution in [0.5, 0.6) is 17.2 Å². The van der Waals surface area contributed by atoms with E-state index in [1.807, 2.05) is 6.08 Å². The van der Waals surface area contributed by atoms with E-state index in [1.165, 1.54) is 45.5 Å². The summed E-state index contributed by atoms with van der Waals surface area (Å²) in [5.74, 6) is 0.123. The van der Waals surface area contributed by atoms with Crippen LogP contribution in [0.15, 0.2) is 39.7 Å². The molecule has 0 unspecified atom stereocenters. The topological polar surface area (TPSA) is 68.9 Å². The zero-order chi connectivity index (χ0) is 18.1. The maximum Gasteiger partial charge on any atom is 0.383 e. The SMILES string of the molecule is CCCCCCCCC=COc1c(O)c2ccc(OC)cc2oc1=O. The summed E-state index contributed by atoms with van der Waals surface area (Å²) in [5, 5.41) is 10.7. The minimum atomic E-state index is -0.720. The van der Waals surface area contributed by atoms with Crippen LogP contribution >= 0.6 is 0 Å². The molecule has 0 atom stereocenters. The predicted octanol–water partition coefficient (Wildman–Crippen LogP) is 5.15. The largest absolute Gasteiger partial charge is 0.504 e. The van der Waals surface area contributed by atoms with Crippen LogP contribution in [0, 0.1) is 0 Å². The van der Waals surface area contributed by atoms with Gasteiger partial charge >= 0.3 is 5.63 Å². The zero-order valence-corrected chi connectivity index (χ0v) is 14.9. The Morgan fingerprint density at radius 2 is 1.92 bits per heavy atom. The van der Waals surface area contributed by atoms with E-state index in [2.05, 4.69) is 6.92 Å². The van der Waals surface area contributed by atoms with Crippen LogP contribution in [0.25, 0.3) is 11.0 Å². The highest BCUT2D eigenvalue weighted by atomic mass is 16.5. The number of unbranched alkanes of at least 4 members (excludes halogenated alkanes) is 6. The molecule has 25 heavy (non-hydrogen) atoms. The van der Waals surface area contributed by atoms with Crippen molar-refractivity contribution in [3.63, 3.8) is 0 Å². The van der Waals surface area contributed by atoms with Gasteiger partial charge in [-0.1, -0.05) is 39.0 Å². The number of benzene rings is 1. The number of ether oxygens (including phenoxy) is 2. The molecule has 1 heterocycles. The van der Waals surface area contributed by atoms with Gasteiger partial charge in [0.25, 0.3) is 5.75 Å². The summed E-state index contributed by atoms with van der Waals surface area (Å²) in [6.07, 6.45) is 11.5. The third-order valence-electron chi connectivity index (χ3n) is 4.05. The van der Waals surface area contributed by atoms with Gasteiger partial charge in [0.2, 0.25) is 0 Å². The van der Waals surface area contributed by atoms with Crippen LogP contribution in [0.4, 0.5) is 0 Å². The van der Waals surface area contributed by atoms with E-state index in [1.54, 1.807) is 18.2 Å². The van der Waals surface area contributed by atoms with Crippen molar-refractivity contribution in [2.24, 2.45) is 0 Å². The molecular formula is C20H26O5. The number of hydrogen-bond donors (Lipinski definition) is 1. The summed E-state index contributed by atoms with van der Waals surface area (Å²) in [5.41, 5.74) is -0.465. The predicted molar refractivity (Wildman–Crippen MR) is 98.5 cm³/mol. The van der Waals surface area contributed by atoms with Crippen LogP contribution in [-0.2, 0) is 0 Å². The minimum Gasteiger partial charge on any atom is -0.504 e. The lowest BCUT2D eigenvalue weighted by Gasteiger charge is -2.06. The Hall–Kier alpha value is -2.43. The van der Waals surface area contributed by atoms with Gasteiger partial charge < -0.3 is 19.0 Å². The average molecular weight is 346 g/mol. The van der Waals surface area contributed by atoms with Gasteiger partial charge in [0.1, 0.15) is 11.3 Å². The molecule has 5 nitrogen and oxygen atoms in total. The van der Waals surface area contributed by atoms with Crippen LogP contribution < -0.4 is 15.1 Å². The van der Waals surface area contributed by atoms with Gasteiger partial charge in [-0.15, -0.1) is 0 Å². The number of aromatic hydroxyl groups is 1. The van der Waals surface area contributed by atoms with Gasteiger partial charge in [-0.25, -0.2) is 4.79 Å². The maximum absolute atomic E-state index is 12.0. The summed E-state index contributed by atoms with van der Waals surface area (Å²) >= 11 is 0. The molecule has 0 bridgehead atoms. The quantitative estimate of drug-likeness (QED) is 0.366. The van der Waals surface area contributed by atoms with Crippen LogP contribution in [0.1, 0.15) is 51.9 Å². The maximum atomic E-state index is 12.0. The van der Waals surface area contributed by atoms with Gasteiger partial charge in [-0.05, 0) is 31.1 Å².